The van der Waals surface area contributed by atoms with Crippen molar-refractivity contribution in [3.8, 4) is 0 Å². The predicted molar refractivity (Wildman–Crippen MR) is 78.1 cm³/mol. The molecule has 0 unspecified atom stereocenters. The molecule has 4 nitrogen and oxygen atoms in total. The van der Waals surface area contributed by atoms with Gasteiger partial charge in [-0.2, -0.15) is 11.8 Å². The largest absolute Gasteiger partial charge is 0.478 e. The molecule has 0 fully saturated rings. The number of aromatic carboxylic acids is 1. The number of carbonyl (C=O) groups is 2. The Kier molecular flexibility index (Phi) is 6.42. The molecule has 5 heteroatoms. The lowest BCUT2D eigenvalue weighted by Gasteiger charge is -2.07. The molecule has 0 radical (unpaired) electrons. The van der Waals surface area contributed by atoms with Gasteiger partial charge in [-0.25, -0.2) is 4.79 Å². The van der Waals surface area contributed by atoms with Gasteiger partial charge in [0.25, 0.3) is 5.91 Å². The van der Waals surface area contributed by atoms with E-state index >= 15 is 0 Å². The van der Waals surface area contributed by atoms with Crippen molar-refractivity contribution >= 4 is 23.6 Å². The number of benzene rings is 1. The number of aryl methyl sites for hydroxylation is 1. The first-order valence-corrected chi connectivity index (χ1v) is 7.41. The van der Waals surface area contributed by atoms with Crippen molar-refractivity contribution in [3.63, 3.8) is 0 Å². The number of thioether (sulfide) groups is 1. The van der Waals surface area contributed by atoms with Crippen LogP contribution in [0, 0.1) is 6.92 Å². The van der Waals surface area contributed by atoms with Gasteiger partial charge in [0, 0.05) is 12.1 Å². The topological polar surface area (TPSA) is 66.4 Å². The third-order valence-electron chi connectivity index (χ3n) is 2.54. The molecular formula is C14H19NO3S. The molecule has 0 aliphatic rings. The smallest absolute Gasteiger partial charge is 0.335 e. The molecular weight excluding hydrogens is 262 g/mol. The van der Waals surface area contributed by atoms with Gasteiger partial charge in [0.05, 0.1) is 5.56 Å². The Morgan fingerprint density at radius 2 is 1.95 bits per heavy atom. The van der Waals surface area contributed by atoms with Crippen molar-refractivity contribution in [2.45, 2.75) is 20.3 Å². The normalized spacial score (nSPS) is 10.2. The van der Waals surface area contributed by atoms with Gasteiger partial charge in [-0.05, 0) is 48.6 Å². The summed E-state index contributed by atoms with van der Waals surface area (Å²) in [6.45, 7) is 4.49. The van der Waals surface area contributed by atoms with Crippen LogP contribution in [-0.2, 0) is 0 Å². The summed E-state index contributed by atoms with van der Waals surface area (Å²) < 4.78 is 0. The lowest BCUT2D eigenvalue weighted by Crippen LogP contribution is -2.25. The minimum absolute atomic E-state index is 0.145. The lowest BCUT2D eigenvalue weighted by molar-refractivity contribution is 0.0696. The first-order chi connectivity index (χ1) is 9.04. The molecule has 0 spiro atoms. The Balaban J connectivity index is 2.59. The highest BCUT2D eigenvalue weighted by atomic mass is 32.2. The minimum atomic E-state index is -1.02. The molecule has 0 aromatic heterocycles. The molecule has 0 aliphatic heterocycles. The van der Waals surface area contributed by atoms with Gasteiger partial charge in [-0.15, -0.1) is 0 Å². The van der Waals surface area contributed by atoms with Crippen molar-refractivity contribution in [2.75, 3.05) is 18.1 Å². The Morgan fingerprint density at radius 1 is 1.26 bits per heavy atom. The average molecular weight is 281 g/mol. The van der Waals surface area contributed by atoms with E-state index in [0.717, 1.165) is 23.5 Å². The molecule has 0 heterocycles. The summed E-state index contributed by atoms with van der Waals surface area (Å²) >= 11 is 1.84. The lowest BCUT2D eigenvalue weighted by atomic mass is 10.1. The van der Waals surface area contributed by atoms with E-state index in [9.17, 15) is 9.59 Å². The Morgan fingerprint density at radius 3 is 2.58 bits per heavy atom. The maximum Gasteiger partial charge on any atom is 0.335 e. The molecule has 1 aromatic rings. The molecule has 0 bridgehead atoms. The zero-order valence-corrected chi connectivity index (χ0v) is 12.0. The predicted octanol–water partition coefficient (Wildman–Crippen LogP) is 2.57. The summed E-state index contributed by atoms with van der Waals surface area (Å²) in [6, 6.07) is 4.66. The van der Waals surface area contributed by atoms with Gasteiger partial charge in [-0.1, -0.05) is 6.92 Å². The summed E-state index contributed by atoms with van der Waals surface area (Å²) in [6.07, 6.45) is 0.919. The first-order valence-electron chi connectivity index (χ1n) is 6.25. The van der Waals surface area contributed by atoms with Gasteiger partial charge in [0.15, 0.2) is 0 Å². The van der Waals surface area contributed by atoms with E-state index in [1.807, 2.05) is 11.8 Å². The van der Waals surface area contributed by atoms with Crippen LogP contribution in [0.2, 0.25) is 0 Å². The Bertz CT molecular complexity index is 460. The fourth-order valence-electron chi connectivity index (χ4n) is 1.66. The summed E-state index contributed by atoms with van der Waals surface area (Å²) in [5.41, 5.74) is 1.32. The summed E-state index contributed by atoms with van der Waals surface area (Å²) in [5, 5.41) is 11.8. The number of rotatable bonds is 7. The molecule has 104 valence electrons. The van der Waals surface area contributed by atoms with E-state index < -0.39 is 5.97 Å². The molecule has 1 amide bonds. The van der Waals surface area contributed by atoms with E-state index in [4.69, 9.17) is 5.11 Å². The number of carbonyl (C=O) groups excluding carboxylic acids is 1. The number of carboxylic acids is 1. The van der Waals surface area contributed by atoms with Crippen LogP contribution in [-0.4, -0.2) is 35.0 Å². The van der Waals surface area contributed by atoms with E-state index in [1.165, 1.54) is 6.07 Å². The second kappa shape index (κ2) is 7.84. The van der Waals surface area contributed by atoms with E-state index in [0.29, 0.717) is 12.1 Å². The van der Waals surface area contributed by atoms with Crippen LogP contribution in [0.4, 0.5) is 0 Å². The van der Waals surface area contributed by atoms with Crippen molar-refractivity contribution in [1.29, 1.82) is 0 Å². The molecule has 2 N–H and O–H groups in total. The minimum Gasteiger partial charge on any atom is -0.478 e. The van der Waals surface area contributed by atoms with Crippen molar-refractivity contribution < 1.29 is 14.7 Å². The van der Waals surface area contributed by atoms with Gasteiger partial charge in [0.1, 0.15) is 0 Å². The molecule has 1 rings (SSSR count). The van der Waals surface area contributed by atoms with Crippen molar-refractivity contribution in [2.24, 2.45) is 0 Å². The van der Waals surface area contributed by atoms with Crippen LogP contribution in [0.25, 0.3) is 0 Å². The van der Waals surface area contributed by atoms with Crippen LogP contribution in [0.5, 0.6) is 0 Å². The molecule has 1 aromatic carbocycles. The maximum atomic E-state index is 11.9. The fourth-order valence-corrected chi connectivity index (χ4v) is 2.30. The van der Waals surface area contributed by atoms with Crippen LogP contribution < -0.4 is 5.32 Å². The molecule has 0 atom stereocenters. The van der Waals surface area contributed by atoms with E-state index in [2.05, 4.69) is 12.2 Å². The summed E-state index contributed by atoms with van der Waals surface area (Å²) in [4.78, 5) is 22.8. The second-order valence-electron chi connectivity index (χ2n) is 4.20. The van der Waals surface area contributed by atoms with Gasteiger partial charge < -0.3 is 10.4 Å². The standard InChI is InChI=1S/C14H19NO3S/c1-3-19-6-4-5-15-13(16)11-7-10(2)8-12(9-11)14(17)18/h7-9H,3-6H2,1-2H3,(H,15,16)(H,17,18). The quantitative estimate of drug-likeness (QED) is 0.754. The molecule has 0 saturated carbocycles. The number of nitrogens with one attached hydrogen (secondary N) is 1. The molecule has 0 saturated heterocycles. The van der Waals surface area contributed by atoms with Gasteiger partial charge in [-0.3, -0.25) is 4.79 Å². The number of amides is 1. The van der Waals surface area contributed by atoms with E-state index in [1.54, 1.807) is 19.1 Å². The van der Waals surface area contributed by atoms with Gasteiger partial charge in [0.2, 0.25) is 0 Å². The molecule has 19 heavy (non-hydrogen) atoms. The second-order valence-corrected chi connectivity index (χ2v) is 5.59. The monoisotopic (exact) mass is 281 g/mol. The molecule has 0 aliphatic carbocycles. The zero-order valence-electron chi connectivity index (χ0n) is 11.2. The summed E-state index contributed by atoms with van der Waals surface area (Å²) in [7, 11) is 0. The fraction of sp³-hybridized carbons (Fsp3) is 0.429. The number of carboxylic acid groups (broad SMARTS) is 1. The maximum absolute atomic E-state index is 11.9. The number of hydrogen-bond acceptors (Lipinski definition) is 3. The number of hydrogen-bond donors (Lipinski definition) is 2. The van der Waals surface area contributed by atoms with Crippen molar-refractivity contribution in [3.05, 3.63) is 34.9 Å². The first kappa shape index (κ1) is 15.6. The van der Waals surface area contributed by atoms with Crippen molar-refractivity contribution in [1.82, 2.24) is 5.32 Å². The van der Waals surface area contributed by atoms with Crippen LogP contribution in [0.3, 0.4) is 0 Å². The Labute approximate surface area is 117 Å². The highest BCUT2D eigenvalue weighted by Gasteiger charge is 2.10. The third-order valence-corrected chi connectivity index (χ3v) is 3.53. The zero-order chi connectivity index (χ0) is 14.3. The third kappa shape index (κ3) is 5.34. The van der Waals surface area contributed by atoms with E-state index in [-0.39, 0.29) is 11.5 Å². The van der Waals surface area contributed by atoms with Crippen LogP contribution in [0.1, 0.15) is 39.6 Å². The SMILES string of the molecule is CCSCCCNC(=O)c1cc(C)cc(C(=O)O)c1. The highest BCUT2D eigenvalue weighted by molar-refractivity contribution is 7.99. The summed E-state index contributed by atoms with van der Waals surface area (Å²) in [5.74, 6) is 0.864. The van der Waals surface area contributed by atoms with Crippen LogP contribution in [0.15, 0.2) is 18.2 Å². The Hall–Kier alpha value is -1.49. The highest BCUT2D eigenvalue weighted by Crippen LogP contribution is 2.10. The average Bonchev–Trinajstić information content (AvgIpc) is 2.37. The van der Waals surface area contributed by atoms with Gasteiger partial charge >= 0.3 is 5.97 Å². The van der Waals surface area contributed by atoms with Crippen LogP contribution >= 0.6 is 11.8 Å².